The summed E-state index contributed by atoms with van der Waals surface area (Å²) in [5.41, 5.74) is 2.11. The number of halogens is 1. The normalized spacial score (nSPS) is 21.5. The van der Waals surface area contributed by atoms with Gasteiger partial charge >= 0.3 is 0 Å². The molecule has 5 heteroatoms. The Balaban J connectivity index is 0.00000133. The summed E-state index contributed by atoms with van der Waals surface area (Å²) in [4.78, 5) is 4.15. The first-order chi connectivity index (χ1) is 8.87. The molecule has 4 nitrogen and oxygen atoms in total. The zero-order chi connectivity index (χ0) is 12.4. The highest BCUT2D eigenvalue weighted by molar-refractivity contribution is 5.85. The van der Waals surface area contributed by atoms with Gasteiger partial charge in [0.05, 0.1) is 12.9 Å². The Morgan fingerprint density at radius 1 is 1.42 bits per heavy atom. The third-order valence-electron chi connectivity index (χ3n) is 3.49. The van der Waals surface area contributed by atoms with Gasteiger partial charge in [-0.3, -0.25) is 0 Å². The van der Waals surface area contributed by atoms with E-state index in [1.807, 2.05) is 24.1 Å². The van der Waals surface area contributed by atoms with E-state index in [1.165, 1.54) is 11.1 Å². The first-order valence-electron chi connectivity index (χ1n) is 6.22. The SMILES string of the molecule is CNC[C@@]1(n2ccnc2)OCCc2ccccc21.Cl. The summed E-state index contributed by atoms with van der Waals surface area (Å²) in [5, 5.41) is 3.23. The molecule has 0 radical (unpaired) electrons. The fourth-order valence-corrected chi connectivity index (χ4v) is 2.69. The van der Waals surface area contributed by atoms with Gasteiger partial charge in [0.15, 0.2) is 5.72 Å². The molecule has 102 valence electrons. The van der Waals surface area contributed by atoms with Gasteiger partial charge in [-0.1, -0.05) is 24.3 Å². The number of aromatic nitrogens is 2. The third-order valence-corrected chi connectivity index (χ3v) is 3.49. The van der Waals surface area contributed by atoms with Gasteiger partial charge in [0.25, 0.3) is 0 Å². The second-order valence-electron chi connectivity index (χ2n) is 4.54. The fourth-order valence-electron chi connectivity index (χ4n) is 2.69. The molecule has 1 atom stereocenters. The van der Waals surface area contributed by atoms with Gasteiger partial charge in [0.2, 0.25) is 0 Å². The molecule has 0 amide bonds. The zero-order valence-corrected chi connectivity index (χ0v) is 11.7. The van der Waals surface area contributed by atoms with Crippen molar-refractivity contribution in [3.8, 4) is 0 Å². The molecule has 0 aliphatic carbocycles. The smallest absolute Gasteiger partial charge is 0.184 e. The molecule has 0 saturated carbocycles. The molecule has 1 aromatic carbocycles. The number of nitrogens with zero attached hydrogens (tertiary/aromatic N) is 2. The van der Waals surface area contributed by atoms with Crippen LogP contribution in [0, 0.1) is 0 Å². The molecule has 19 heavy (non-hydrogen) atoms. The number of benzene rings is 1. The largest absolute Gasteiger partial charge is 0.349 e. The van der Waals surface area contributed by atoms with Crippen LogP contribution in [-0.2, 0) is 16.9 Å². The van der Waals surface area contributed by atoms with E-state index in [1.54, 1.807) is 6.20 Å². The molecule has 3 rings (SSSR count). The second kappa shape index (κ2) is 5.74. The summed E-state index contributed by atoms with van der Waals surface area (Å²) in [6, 6.07) is 8.47. The zero-order valence-electron chi connectivity index (χ0n) is 10.9. The van der Waals surface area contributed by atoms with Crippen molar-refractivity contribution in [2.75, 3.05) is 20.2 Å². The van der Waals surface area contributed by atoms with E-state index in [9.17, 15) is 0 Å². The summed E-state index contributed by atoms with van der Waals surface area (Å²) >= 11 is 0. The maximum atomic E-state index is 6.14. The lowest BCUT2D eigenvalue weighted by atomic mass is 9.92. The lowest BCUT2D eigenvalue weighted by Gasteiger charge is -2.40. The first-order valence-corrected chi connectivity index (χ1v) is 6.22. The minimum atomic E-state index is -0.472. The Bertz CT molecular complexity index is 529. The van der Waals surface area contributed by atoms with Crippen molar-refractivity contribution in [1.29, 1.82) is 0 Å². The molecule has 1 aliphatic rings. The van der Waals surface area contributed by atoms with Gasteiger partial charge in [0.1, 0.15) is 0 Å². The third kappa shape index (κ3) is 2.27. The highest BCUT2D eigenvalue weighted by atomic mass is 35.5. The van der Waals surface area contributed by atoms with Crippen LogP contribution in [-0.4, -0.2) is 29.8 Å². The topological polar surface area (TPSA) is 39.1 Å². The van der Waals surface area contributed by atoms with Crippen molar-refractivity contribution >= 4 is 12.4 Å². The van der Waals surface area contributed by atoms with E-state index in [0.717, 1.165) is 19.6 Å². The molecule has 2 heterocycles. The van der Waals surface area contributed by atoms with Gasteiger partial charge in [-0.25, -0.2) is 4.98 Å². The molecule has 0 unspecified atom stereocenters. The lowest BCUT2D eigenvalue weighted by molar-refractivity contribution is -0.0806. The fraction of sp³-hybridized carbons (Fsp3) is 0.357. The summed E-state index contributed by atoms with van der Waals surface area (Å²) in [6.45, 7) is 1.46. The van der Waals surface area contributed by atoms with E-state index < -0.39 is 5.72 Å². The number of imidazole rings is 1. The molecule has 0 spiro atoms. The van der Waals surface area contributed by atoms with Crippen molar-refractivity contribution in [2.24, 2.45) is 0 Å². The monoisotopic (exact) mass is 279 g/mol. The van der Waals surface area contributed by atoms with E-state index in [0.29, 0.717) is 0 Å². The Hall–Kier alpha value is -1.36. The van der Waals surface area contributed by atoms with Crippen LogP contribution in [0.4, 0.5) is 0 Å². The quantitative estimate of drug-likeness (QED) is 0.931. The summed E-state index contributed by atoms with van der Waals surface area (Å²) in [7, 11) is 1.94. The van der Waals surface area contributed by atoms with E-state index in [-0.39, 0.29) is 12.4 Å². The van der Waals surface area contributed by atoms with Crippen LogP contribution < -0.4 is 5.32 Å². The minimum absolute atomic E-state index is 0. The van der Waals surface area contributed by atoms with Crippen molar-refractivity contribution in [3.63, 3.8) is 0 Å². The number of rotatable bonds is 3. The van der Waals surface area contributed by atoms with Crippen LogP contribution in [0.3, 0.4) is 0 Å². The number of fused-ring (bicyclic) bond motifs is 1. The summed E-state index contributed by atoms with van der Waals surface area (Å²) < 4.78 is 8.18. The van der Waals surface area contributed by atoms with E-state index >= 15 is 0 Å². The number of hydrogen-bond acceptors (Lipinski definition) is 3. The van der Waals surface area contributed by atoms with Crippen LogP contribution in [0.2, 0.25) is 0 Å². The molecular formula is C14H18ClN3O. The van der Waals surface area contributed by atoms with Crippen molar-refractivity contribution < 1.29 is 4.74 Å². The van der Waals surface area contributed by atoms with Crippen molar-refractivity contribution in [1.82, 2.24) is 14.9 Å². The number of nitrogens with one attached hydrogen (secondary N) is 1. The molecule has 2 aromatic rings. The van der Waals surface area contributed by atoms with Crippen LogP contribution in [0.1, 0.15) is 11.1 Å². The number of hydrogen-bond donors (Lipinski definition) is 1. The van der Waals surface area contributed by atoms with E-state index in [2.05, 4.69) is 34.6 Å². The Morgan fingerprint density at radius 3 is 3.00 bits per heavy atom. The Labute approximate surface area is 119 Å². The minimum Gasteiger partial charge on any atom is -0.349 e. The first kappa shape index (κ1) is 14.1. The summed E-state index contributed by atoms with van der Waals surface area (Å²) in [6.07, 6.45) is 6.53. The molecular weight excluding hydrogens is 262 g/mol. The van der Waals surface area contributed by atoms with Gasteiger partial charge in [-0.05, 0) is 19.0 Å². The van der Waals surface area contributed by atoms with E-state index in [4.69, 9.17) is 4.74 Å². The molecule has 1 aliphatic heterocycles. The van der Waals surface area contributed by atoms with Crippen molar-refractivity contribution in [2.45, 2.75) is 12.1 Å². The standard InChI is InChI=1S/C14H17N3O.ClH/c1-15-10-14(17-8-7-16-11-17)13-5-3-2-4-12(13)6-9-18-14;/h2-5,7-8,11,15H,6,9-10H2,1H3;1H/t14-;/m1./s1. The van der Waals surface area contributed by atoms with Gasteiger partial charge in [0, 0.05) is 24.5 Å². The Morgan fingerprint density at radius 2 is 2.26 bits per heavy atom. The highest BCUT2D eigenvalue weighted by Crippen LogP contribution is 2.34. The molecule has 0 fully saturated rings. The second-order valence-corrected chi connectivity index (χ2v) is 4.54. The van der Waals surface area contributed by atoms with Crippen LogP contribution in [0.5, 0.6) is 0 Å². The predicted octanol–water partition coefficient (Wildman–Crippen LogP) is 1.80. The van der Waals surface area contributed by atoms with Crippen LogP contribution in [0.15, 0.2) is 43.0 Å². The predicted molar refractivity (Wildman–Crippen MR) is 76.6 cm³/mol. The summed E-state index contributed by atoms with van der Waals surface area (Å²) in [5.74, 6) is 0. The van der Waals surface area contributed by atoms with Crippen LogP contribution in [0.25, 0.3) is 0 Å². The number of likely N-dealkylation sites (N-methyl/N-ethyl adjacent to an activating group) is 1. The molecule has 0 bridgehead atoms. The van der Waals surface area contributed by atoms with Crippen molar-refractivity contribution in [3.05, 3.63) is 54.1 Å². The maximum Gasteiger partial charge on any atom is 0.184 e. The number of ether oxygens (including phenoxy) is 1. The van der Waals surface area contributed by atoms with Gasteiger partial charge < -0.3 is 14.6 Å². The van der Waals surface area contributed by atoms with Gasteiger partial charge in [-0.15, -0.1) is 12.4 Å². The highest BCUT2D eigenvalue weighted by Gasteiger charge is 2.38. The van der Waals surface area contributed by atoms with Crippen LogP contribution >= 0.6 is 12.4 Å². The van der Waals surface area contributed by atoms with Gasteiger partial charge in [-0.2, -0.15) is 0 Å². The Kier molecular flexibility index (Phi) is 4.24. The maximum absolute atomic E-state index is 6.14. The average molecular weight is 280 g/mol. The molecule has 1 N–H and O–H groups in total. The average Bonchev–Trinajstić information content (AvgIpc) is 2.94. The lowest BCUT2D eigenvalue weighted by Crippen LogP contribution is -2.48. The molecule has 1 aromatic heterocycles. The molecule has 0 saturated heterocycles.